The van der Waals surface area contributed by atoms with E-state index in [-0.39, 0.29) is 11.9 Å². The van der Waals surface area contributed by atoms with Crippen molar-refractivity contribution in [3.05, 3.63) is 35.4 Å². The van der Waals surface area contributed by atoms with Crippen molar-refractivity contribution in [3.8, 4) is 0 Å². The molecular formula is C11H14N2O. The minimum absolute atomic E-state index is 0.0327. The van der Waals surface area contributed by atoms with Crippen molar-refractivity contribution in [2.75, 3.05) is 6.54 Å². The van der Waals surface area contributed by atoms with E-state index in [1.165, 1.54) is 0 Å². The fourth-order valence-electron chi connectivity index (χ4n) is 1.87. The number of amides is 1. The molecule has 1 aromatic rings. The summed E-state index contributed by atoms with van der Waals surface area (Å²) in [4.78, 5) is 11.6. The highest BCUT2D eigenvalue weighted by molar-refractivity contribution is 5.96. The maximum atomic E-state index is 11.6. The van der Waals surface area contributed by atoms with Gasteiger partial charge in [-0.3, -0.25) is 4.79 Å². The van der Waals surface area contributed by atoms with Crippen LogP contribution in [0.15, 0.2) is 24.3 Å². The fraction of sp³-hybridized carbons (Fsp3) is 0.364. The predicted molar refractivity (Wildman–Crippen MR) is 55.1 cm³/mol. The monoisotopic (exact) mass is 190 g/mol. The van der Waals surface area contributed by atoms with Crippen LogP contribution in [-0.4, -0.2) is 18.5 Å². The van der Waals surface area contributed by atoms with E-state index in [0.29, 0.717) is 6.54 Å². The van der Waals surface area contributed by atoms with Gasteiger partial charge in [0.05, 0.1) is 0 Å². The van der Waals surface area contributed by atoms with Gasteiger partial charge in [0.1, 0.15) is 0 Å². The molecule has 0 spiro atoms. The van der Waals surface area contributed by atoms with Crippen LogP contribution in [0.3, 0.4) is 0 Å². The third-order valence-corrected chi connectivity index (χ3v) is 2.58. The second kappa shape index (κ2) is 3.80. The molecule has 2 rings (SSSR count). The molecule has 1 amide bonds. The third kappa shape index (κ3) is 1.63. The van der Waals surface area contributed by atoms with Gasteiger partial charge in [0.2, 0.25) is 0 Å². The SMILES string of the molecule is NCCC1Cc2ccccc2C(=O)N1. The van der Waals surface area contributed by atoms with Crippen LogP contribution in [-0.2, 0) is 6.42 Å². The minimum atomic E-state index is 0.0327. The first-order valence-corrected chi connectivity index (χ1v) is 4.90. The van der Waals surface area contributed by atoms with E-state index in [4.69, 9.17) is 5.73 Å². The Labute approximate surface area is 83.3 Å². The normalized spacial score (nSPS) is 20.1. The van der Waals surface area contributed by atoms with Gasteiger partial charge < -0.3 is 11.1 Å². The summed E-state index contributed by atoms with van der Waals surface area (Å²) in [7, 11) is 0. The van der Waals surface area contributed by atoms with Crippen LogP contribution >= 0.6 is 0 Å². The van der Waals surface area contributed by atoms with E-state index in [1.54, 1.807) is 0 Å². The lowest BCUT2D eigenvalue weighted by atomic mass is 9.94. The number of hydrogen-bond acceptors (Lipinski definition) is 2. The molecule has 14 heavy (non-hydrogen) atoms. The maximum Gasteiger partial charge on any atom is 0.251 e. The van der Waals surface area contributed by atoms with E-state index >= 15 is 0 Å². The first-order chi connectivity index (χ1) is 6.81. The van der Waals surface area contributed by atoms with Crippen molar-refractivity contribution < 1.29 is 4.79 Å². The van der Waals surface area contributed by atoms with Crippen LogP contribution in [0.2, 0.25) is 0 Å². The molecule has 1 aliphatic rings. The summed E-state index contributed by atoms with van der Waals surface area (Å²) in [6, 6.07) is 7.95. The number of nitrogens with two attached hydrogens (primary N) is 1. The second-order valence-electron chi connectivity index (χ2n) is 3.61. The maximum absolute atomic E-state index is 11.6. The Kier molecular flexibility index (Phi) is 2.50. The molecule has 0 aliphatic carbocycles. The number of carbonyl (C=O) groups excluding carboxylic acids is 1. The van der Waals surface area contributed by atoms with Crippen molar-refractivity contribution in [2.45, 2.75) is 18.9 Å². The standard InChI is InChI=1S/C11H14N2O/c12-6-5-9-7-8-3-1-2-4-10(8)11(14)13-9/h1-4,9H,5-7,12H2,(H,13,14). The van der Waals surface area contributed by atoms with Gasteiger partial charge in [-0.2, -0.15) is 0 Å². The van der Waals surface area contributed by atoms with E-state index < -0.39 is 0 Å². The number of nitrogens with one attached hydrogen (secondary N) is 1. The predicted octanol–water partition coefficient (Wildman–Crippen LogP) is 0.690. The summed E-state index contributed by atoms with van der Waals surface area (Å²) in [5, 5.41) is 2.95. The fourth-order valence-corrected chi connectivity index (χ4v) is 1.87. The number of rotatable bonds is 2. The Balaban J connectivity index is 2.24. The molecule has 1 aromatic carbocycles. The zero-order valence-electron chi connectivity index (χ0n) is 7.99. The molecule has 1 unspecified atom stereocenters. The number of carbonyl (C=O) groups is 1. The van der Waals surface area contributed by atoms with E-state index in [9.17, 15) is 4.79 Å². The first kappa shape index (κ1) is 9.21. The molecule has 1 heterocycles. The quantitative estimate of drug-likeness (QED) is 0.721. The van der Waals surface area contributed by atoms with Crippen molar-refractivity contribution in [3.63, 3.8) is 0 Å². The Morgan fingerprint density at radius 2 is 2.21 bits per heavy atom. The number of benzene rings is 1. The zero-order valence-corrected chi connectivity index (χ0v) is 7.99. The van der Waals surface area contributed by atoms with Gasteiger partial charge in [-0.25, -0.2) is 0 Å². The van der Waals surface area contributed by atoms with Crippen LogP contribution < -0.4 is 11.1 Å². The average Bonchev–Trinajstić information content (AvgIpc) is 2.18. The molecule has 3 N–H and O–H groups in total. The highest BCUT2D eigenvalue weighted by Gasteiger charge is 2.22. The smallest absolute Gasteiger partial charge is 0.251 e. The summed E-state index contributed by atoms with van der Waals surface area (Å²) in [5.41, 5.74) is 7.41. The lowest BCUT2D eigenvalue weighted by Crippen LogP contribution is -2.42. The van der Waals surface area contributed by atoms with Gasteiger partial charge in [-0.15, -0.1) is 0 Å². The highest BCUT2D eigenvalue weighted by atomic mass is 16.1. The molecule has 3 nitrogen and oxygen atoms in total. The topological polar surface area (TPSA) is 55.1 Å². The molecular weight excluding hydrogens is 176 g/mol. The van der Waals surface area contributed by atoms with Crippen LogP contribution in [0.5, 0.6) is 0 Å². The summed E-state index contributed by atoms with van der Waals surface area (Å²) in [6.07, 6.45) is 1.75. The molecule has 74 valence electrons. The van der Waals surface area contributed by atoms with Gasteiger partial charge in [-0.05, 0) is 31.0 Å². The molecule has 3 heteroatoms. The molecule has 0 saturated carbocycles. The summed E-state index contributed by atoms with van der Waals surface area (Å²) >= 11 is 0. The van der Waals surface area contributed by atoms with Gasteiger partial charge in [-0.1, -0.05) is 18.2 Å². The molecule has 0 saturated heterocycles. The highest BCUT2D eigenvalue weighted by Crippen LogP contribution is 2.17. The third-order valence-electron chi connectivity index (χ3n) is 2.58. The Morgan fingerprint density at radius 3 is 3.00 bits per heavy atom. The zero-order chi connectivity index (χ0) is 9.97. The van der Waals surface area contributed by atoms with Gasteiger partial charge in [0.25, 0.3) is 5.91 Å². The molecule has 1 atom stereocenters. The summed E-state index contributed by atoms with van der Waals surface area (Å²) < 4.78 is 0. The van der Waals surface area contributed by atoms with E-state index in [2.05, 4.69) is 5.32 Å². The van der Waals surface area contributed by atoms with Crippen molar-refractivity contribution in [1.29, 1.82) is 0 Å². The van der Waals surface area contributed by atoms with Crippen molar-refractivity contribution in [1.82, 2.24) is 5.32 Å². The molecule has 0 aromatic heterocycles. The second-order valence-corrected chi connectivity index (χ2v) is 3.61. The van der Waals surface area contributed by atoms with Crippen molar-refractivity contribution in [2.24, 2.45) is 5.73 Å². The first-order valence-electron chi connectivity index (χ1n) is 4.90. The van der Waals surface area contributed by atoms with Gasteiger partial charge in [0.15, 0.2) is 0 Å². The molecule has 0 bridgehead atoms. The number of hydrogen-bond donors (Lipinski definition) is 2. The van der Waals surface area contributed by atoms with Crippen LogP contribution in [0.4, 0.5) is 0 Å². The summed E-state index contributed by atoms with van der Waals surface area (Å²) in [6.45, 7) is 0.618. The molecule has 1 aliphatic heterocycles. The lowest BCUT2D eigenvalue weighted by Gasteiger charge is -2.25. The van der Waals surface area contributed by atoms with Crippen molar-refractivity contribution >= 4 is 5.91 Å². The van der Waals surface area contributed by atoms with E-state index in [0.717, 1.165) is 24.0 Å². The Hall–Kier alpha value is -1.35. The Morgan fingerprint density at radius 1 is 1.43 bits per heavy atom. The van der Waals surface area contributed by atoms with Gasteiger partial charge >= 0.3 is 0 Å². The molecule has 0 radical (unpaired) electrons. The Bertz CT molecular complexity index is 349. The van der Waals surface area contributed by atoms with Crippen LogP contribution in [0.25, 0.3) is 0 Å². The van der Waals surface area contributed by atoms with E-state index in [1.807, 2.05) is 24.3 Å². The van der Waals surface area contributed by atoms with Crippen LogP contribution in [0, 0.1) is 0 Å². The summed E-state index contributed by atoms with van der Waals surface area (Å²) in [5.74, 6) is 0.0327. The lowest BCUT2D eigenvalue weighted by molar-refractivity contribution is 0.0923. The van der Waals surface area contributed by atoms with Crippen LogP contribution in [0.1, 0.15) is 22.3 Å². The molecule has 0 fully saturated rings. The largest absolute Gasteiger partial charge is 0.349 e. The van der Waals surface area contributed by atoms with Gasteiger partial charge in [0, 0.05) is 11.6 Å². The minimum Gasteiger partial charge on any atom is -0.349 e. The average molecular weight is 190 g/mol. The number of fused-ring (bicyclic) bond motifs is 1.